The average molecular weight is 412 g/mol. The second-order valence-electron chi connectivity index (χ2n) is 6.24. The number of carboxylic acid groups (broad SMARTS) is 1. The van der Waals surface area contributed by atoms with Gasteiger partial charge in [-0.05, 0) is 36.4 Å². The van der Waals surface area contributed by atoms with Crippen molar-refractivity contribution < 1.29 is 14.3 Å². The maximum atomic E-state index is 12.7. The summed E-state index contributed by atoms with van der Waals surface area (Å²) in [5, 5.41) is 26.1. The van der Waals surface area contributed by atoms with E-state index in [9.17, 15) is 14.0 Å². The zero-order valence-corrected chi connectivity index (χ0v) is 15.8. The number of aromatic nitrogens is 2. The third-order valence-electron chi connectivity index (χ3n) is 4.21. The number of hydrogen-bond donors (Lipinski definition) is 2. The molecule has 3 aromatic carbocycles. The predicted octanol–water partition coefficient (Wildman–Crippen LogP) is 3.86. The van der Waals surface area contributed by atoms with Gasteiger partial charge in [-0.25, -0.2) is 14.2 Å². The lowest BCUT2D eigenvalue weighted by atomic mass is 10.1. The first-order valence-electron chi connectivity index (χ1n) is 8.85. The van der Waals surface area contributed by atoms with Crippen molar-refractivity contribution in [2.45, 2.75) is 0 Å². The molecule has 1 aromatic heterocycles. The van der Waals surface area contributed by atoms with Crippen LogP contribution in [-0.4, -0.2) is 21.0 Å². The first-order chi connectivity index (χ1) is 14.9. The van der Waals surface area contributed by atoms with Crippen LogP contribution in [-0.2, 0) is 0 Å². The molecule has 0 fully saturated rings. The molecule has 7 nitrogen and oxygen atoms in total. The SMILES string of the molecule is N#Cc1ccc(F)c(C(=O)O)c1.N#Cc1ccc2nc(-c3ccccc3)[nH]c(=O)c2c1. The lowest BCUT2D eigenvalue weighted by Crippen LogP contribution is -2.09. The van der Waals surface area contributed by atoms with Crippen molar-refractivity contribution in [2.24, 2.45) is 0 Å². The van der Waals surface area contributed by atoms with E-state index >= 15 is 0 Å². The van der Waals surface area contributed by atoms with E-state index in [2.05, 4.69) is 9.97 Å². The topological polar surface area (TPSA) is 131 Å². The van der Waals surface area contributed by atoms with Crippen LogP contribution < -0.4 is 5.56 Å². The number of halogens is 1. The molecule has 8 heteroatoms. The lowest BCUT2D eigenvalue weighted by molar-refractivity contribution is 0.0692. The zero-order chi connectivity index (χ0) is 22.4. The minimum atomic E-state index is -1.37. The number of H-pyrrole nitrogens is 1. The number of carbonyl (C=O) groups is 1. The highest BCUT2D eigenvalue weighted by atomic mass is 19.1. The molecule has 0 radical (unpaired) electrons. The van der Waals surface area contributed by atoms with Crippen molar-refractivity contribution in [1.29, 1.82) is 10.5 Å². The Labute approximate surface area is 175 Å². The highest BCUT2D eigenvalue weighted by Crippen LogP contribution is 2.16. The van der Waals surface area contributed by atoms with Gasteiger partial charge in [-0.3, -0.25) is 4.79 Å². The molecule has 31 heavy (non-hydrogen) atoms. The van der Waals surface area contributed by atoms with Gasteiger partial charge in [0.05, 0.1) is 39.7 Å². The van der Waals surface area contributed by atoms with Gasteiger partial charge in [0.25, 0.3) is 5.56 Å². The standard InChI is InChI=1S/C15H9N3O.C8H4FNO2/c16-9-10-6-7-13-12(8-10)15(19)18-14(17-13)11-4-2-1-3-5-11;9-7-2-1-5(4-10)3-6(7)8(11)12/h1-8H,(H,17,18,19);1-3H,(H,11,12). The maximum Gasteiger partial charge on any atom is 0.338 e. The predicted molar refractivity (Wildman–Crippen MR) is 111 cm³/mol. The fourth-order valence-corrected chi connectivity index (χ4v) is 2.70. The highest BCUT2D eigenvalue weighted by Gasteiger charge is 2.10. The summed E-state index contributed by atoms with van der Waals surface area (Å²) < 4.78 is 12.7. The van der Waals surface area contributed by atoms with E-state index in [-0.39, 0.29) is 11.1 Å². The van der Waals surface area contributed by atoms with Crippen molar-refractivity contribution in [3.05, 3.63) is 99.6 Å². The van der Waals surface area contributed by atoms with Crippen LogP contribution in [0.25, 0.3) is 22.3 Å². The molecule has 0 atom stereocenters. The third kappa shape index (κ3) is 4.78. The number of hydrogen-bond acceptors (Lipinski definition) is 5. The number of carboxylic acids is 1. The molecule has 4 rings (SSSR count). The van der Waals surface area contributed by atoms with Crippen molar-refractivity contribution >= 4 is 16.9 Å². The molecule has 4 aromatic rings. The van der Waals surface area contributed by atoms with Crippen LogP contribution in [0.3, 0.4) is 0 Å². The Hall–Kier alpha value is -4.82. The van der Waals surface area contributed by atoms with Crippen LogP contribution in [0.4, 0.5) is 4.39 Å². The molecule has 0 unspecified atom stereocenters. The molecule has 1 heterocycles. The van der Waals surface area contributed by atoms with Crippen LogP contribution in [0.15, 0.2) is 71.5 Å². The van der Waals surface area contributed by atoms with Crippen LogP contribution >= 0.6 is 0 Å². The Kier molecular flexibility index (Phi) is 6.15. The van der Waals surface area contributed by atoms with Crippen LogP contribution in [0.2, 0.25) is 0 Å². The van der Waals surface area contributed by atoms with Crippen molar-refractivity contribution in [3.8, 4) is 23.5 Å². The molecule has 0 bridgehead atoms. The smallest absolute Gasteiger partial charge is 0.338 e. The largest absolute Gasteiger partial charge is 0.478 e. The molecule has 0 saturated carbocycles. The number of aromatic carboxylic acids is 1. The van der Waals surface area contributed by atoms with Gasteiger partial charge in [0.2, 0.25) is 0 Å². The molecule has 150 valence electrons. The number of rotatable bonds is 2. The van der Waals surface area contributed by atoms with Crippen molar-refractivity contribution in [2.75, 3.05) is 0 Å². The Morgan fingerprint density at radius 1 is 0.968 bits per heavy atom. The second-order valence-corrected chi connectivity index (χ2v) is 6.24. The number of nitrogens with one attached hydrogen (secondary N) is 1. The maximum absolute atomic E-state index is 12.7. The molecule has 0 amide bonds. The van der Waals surface area contributed by atoms with Crippen LogP contribution in [0, 0.1) is 28.5 Å². The first-order valence-corrected chi connectivity index (χ1v) is 8.85. The number of aromatic amines is 1. The monoisotopic (exact) mass is 412 g/mol. The normalized spacial score (nSPS) is 9.77. The van der Waals surface area contributed by atoms with Gasteiger partial charge >= 0.3 is 5.97 Å². The van der Waals surface area contributed by atoms with Gasteiger partial charge in [0, 0.05) is 5.56 Å². The minimum absolute atomic E-state index is 0.133. The molecule has 0 aliphatic carbocycles. The van der Waals surface area contributed by atoms with E-state index in [0.717, 1.165) is 17.7 Å². The van der Waals surface area contributed by atoms with Gasteiger partial charge in [0.15, 0.2) is 0 Å². The molecular weight excluding hydrogens is 399 g/mol. The van der Waals surface area contributed by atoms with Gasteiger partial charge in [-0.15, -0.1) is 0 Å². The van der Waals surface area contributed by atoms with Crippen molar-refractivity contribution in [3.63, 3.8) is 0 Å². The van der Waals surface area contributed by atoms with E-state index in [1.54, 1.807) is 24.3 Å². The lowest BCUT2D eigenvalue weighted by Gasteiger charge is -2.03. The summed E-state index contributed by atoms with van der Waals surface area (Å²) in [6, 6.07) is 21.3. The molecule has 0 aliphatic rings. The van der Waals surface area contributed by atoms with Gasteiger partial charge in [0.1, 0.15) is 11.6 Å². The third-order valence-corrected chi connectivity index (χ3v) is 4.21. The molecule has 2 N–H and O–H groups in total. The quantitative estimate of drug-likeness (QED) is 0.514. The first kappa shape index (κ1) is 20.9. The van der Waals surface area contributed by atoms with E-state index in [1.165, 1.54) is 6.07 Å². The molecule has 0 saturated heterocycles. The summed E-state index contributed by atoms with van der Waals surface area (Å²) in [5.41, 5.74) is 1.31. The highest BCUT2D eigenvalue weighted by molar-refractivity contribution is 5.88. The summed E-state index contributed by atoms with van der Waals surface area (Å²) in [7, 11) is 0. The minimum Gasteiger partial charge on any atom is -0.478 e. The van der Waals surface area contributed by atoms with Crippen LogP contribution in [0.1, 0.15) is 21.5 Å². The van der Waals surface area contributed by atoms with E-state index in [1.807, 2.05) is 36.4 Å². The van der Waals surface area contributed by atoms with Gasteiger partial charge < -0.3 is 10.1 Å². The Morgan fingerprint density at radius 2 is 1.61 bits per heavy atom. The average Bonchev–Trinajstić information content (AvgIpc) is 2.80. The van der Waals surface area contributed by atoms with Gasteiger partial charge in [-0.1, -0.05) is 30.3 Å². The number of fused-ring (bicyclic) bond motifs is 1. The molecule has 0 aliphatic heterocycles. The second kappa shape index (κ2) is 9.12. The number of nitrogens with zero attached hydrogens (tertiary/aromatic N) is 3. The van der Waals surface area contributed by atoms with Gasteiger partial charge in [-0.2, -0.15) is 10.5 Å². The fraction of sp³-hybridized carbons (Fsp3) is 0. The van der Waals surface area contributed by atoms with Crippen molar-refractivity contribution in [1.82, 2.24) is 9.97 Å². The summed E-state index contributed by atoms with van der Waals surface area (Å²) in [6.45, 7) is 0. The Morgan fingerprint density at radius 3 is 2.26 bits per heavy atom. The molecule has 0 spiro atoms. The summed E-state index contributed by atoms with van der Waals surface area (Å²) >= 11 is 0. The van der Waals surface area contributed by atoms with Crippen LogP contribution in [0.5, 0.6) is 0 Å². The van der Waals surface area contributed by atoms with E-state index < -0.39 is 17.3 Å². The Balaban J connectivity index is 0.000000196. The molecular formula is C23H13FN4O3. The Bertz CT molecular complexity index is 1420. The fourth-order valence-electron chi connectivity index (χ4n) is 2.70. The van der Waals surface area contributed by atoms with E-state index in [4.69, 9.17) is 15.6 Å². The summed E-state index contributed by atoms with van der Waals surface area (Å²) in [4.78, 5) is 29.5. The number of benzene rings is 3. The number of nitriles is 2. The summed E-state index contributed by atoms with van der Waals surface area (Å²) in [6.07, 6.45) is 0. The summed E-state index contributed by atoms with van der Waals surface area (Å²) in [5.74, 6) is -1.67. The zero-order valence-electron chi connectivity index (χ0n) is 15.8. The van der Waals surface area contributed by atoms with E-state index in [0.29, 0.717) is 22.3 Å².